The summed E-state index contributed by atoms with van der Waals surface area (Å²) in [6.07, 6.45) is 3.52. The van der Waals surface area contributed by atoms with Gasteiger partial charge in [-0.05, 0) is 55.7 Å². The van der Waals surface area contributed by atoms with Crippen LogP contribution in [-0.2, 0) is 6.42 Å². The molecule has 0 amide bonds. The molecule has 90 valence electrons. The van der Waals surface area contributed by atoms with E-state index in [2.05, 4.69) is 5.32 Å². The Hall–Kier alpha value is -0.610. The second kappa shape index (κ2) is 6.86. The average Bonchev–Trinajstić information content (AvgIpc) is 2.28. The van der Waals surface area contributed by atoms with Gasteiger partial charge in [-0.3, -0.25) is 0 Å². The van der Waals surface area contributed by atoms with Gasteiger partial charge in [0.2, 0.25) is 0 Å². The van der Waals surface area contributed by atoms with Crippen LogP contribution in [0.2, 0.25) is 0 Å². The van der Waals surface area contributed by atoms with Gasteiger partial charge >= 0.3 is 0 Å². The lowest BCUT2D eigenvalue weighted by Gasteiger charge is -2.16. The number of benzene rings is 1. The highest BCUT2D eigenvalue weighted by atomic mass is 32.2. The van der Waals surface area contributed by atoms with E-state index in [0.717, 1.165) is 18.2 Å². The van der Waals surface area contributed by atoms with Gasteiger partial charge in [-0.2, -0.15) is 11.8 Å². The highest BCUT2D eigenvalue weighted by molar-refractivity contribution is 7.98. The highest BCUT2D eigenvalue weighted by Crippen LogP contribution is 2.14. The Morgan fingerprint density at radius 2 is 2.12 bits per heavy atom. The van der Waals surface area contributed by atoms with E-state index in [9.17, 15) is 8.78 Å². The minimum absolute atomic E-state index is 0.198. The Morgan fingerprint density at radius 3 is 2.75 bits per heavy atom. The zero-order valence-electron chi connectivity index (χ0n) is 9.59. The summed E-state index contributed by atoms with van der Waals surface area (Å²) in [5.41, 5.74) is 0.445. The largest absolute Gasteiger partial charge is 0.317 e. The van der Waals surface area contributed by atoms with Crippen molar-refractivity contribution in [1.29, 1.82) is 0 Å². The molecule has 4 heteroatoms. The van der Waals surface area contributed by atoms with Crippen LogP contribution in [-0.4, -0.2) is 25.1 Å². The summed E-state index contributed by atoms with van der Waals surface area (Å²) in [5, 5.41) is 3.13. The highest BCUT2D eigenvalue weighted by Gasteiger charge is 2.11. The summed E-state index contributed by atoms with van der Waals surface area (Å²) in [5.74, 6) is 0.310. The van der Waals surface area contributed by atoms with Crippen molar-refractivity contribution in [3.05, 3.63) is 35.4 Å². The van der Waals surface area contributed by atoms with Crippen LogP contribution in [0.5, 0.6) is 0 Å². The first-order valence-electron chi connectivity index (χ1n) is 5.27. The lowest BCUT2D eigenvalue weighted by molar-refractivity contribution is 0.519. The summed E-state index contributed by atoms with van der Waals surface area (Å²) in [4.78, 5) is 0. The minimum atomic E-state index is -0.379. The van der Waals surface area contributed by atoms with Crippen LogP contribution in [0.25, 0.3) is 0 Å². The molecule has 1 aromatic rings. The molecule has 1 unspecified atom stereocenters. The van der Waals surface area contributed by atoms with Gasteiger partial charge in [0.1, 0.15) is 11.6 Å². The zero-order chi connectivity index (χ0) is 12.0. The van der Waals surface area contributed by atoms with Gasteiger partial charge < -0.3 is 5.32 Å². The molecule has 1 atom stereocenters. The van der Waals surface area contributed by atoms with E-state index in [-0.39, 0.29) is 17.7 Å². The van der Waals surface area contributed by atoms with E-state index in [1.165, 1.54) is 12.1 Å². The van der Waals surface area contributed by atoms with Crippen LogP contribution in [0.1, 0.15) is 12.0 Å². The van der Waals surface area contributed by atoms with Gasteiger partial charge in [-0.1, -0.05) is 0 Å². The molecule has 1 nitrogen and oxygen atoms in total. The van der Waals surface area contributed by atoms with E-state index >= 15 is 0 Å². The van der Waals surface area contributed by atoms with E-state index in [0.29, 0.717) is 12.0 Å². The first-order valence-corrected chi connectivity index (χ1v) is 6.67. The molecule has 0 aliphatic rings. The molecule has 1 aromatic carbocycles. The van der Waals surface area contributed by atoms with Crippen molar-refractivity contribution >= 4 is 11.8 Å². The Morgan fingerprint density at radius 1 is 1.38 bits per heavy atom. The molecule has 0 fully saturated rings. The number of likely N-dealkylation sites (N-methyl/N-ethyl adjacent to an activating group) is 1. The maximum Gasteiger partial charge on any atom is 0.126 e. The van der Waals surface area contributed by atoms with E-state index in [1.807, 2.05) is 13.3 Å². The molecule has 0 saturated carbocycles. The quantitative estimate of drug-likeness (QED) is 0.827. The summed E-state index contributed by atoms with van der Waals surface area (Å²) in [6, 6.07) is 3.81. The van der Waals surface area contributed by atoms with Crippen LogP contribution >= 0.6 is 11.8 Å². The lowest BCUT2D eigenvalue weighted by atomic mass is 10.0. The van der Waals surface area contributed by atoms with Crippen molar-refractivity contribution in [3.63, 3.8) is 0 Å². The molecule has 0 bridgehead atoms. The third kappa shape index (κ3) is 4.10. The van der Waals surface area contributed by atoms with Crippen LogP contribution in [0.4, 0.5) is 8.78 Å². The average molecular weight is 245 g/mol. The Labute approximate surface area is 99.6 Å². The molecule has 0 saturated heterocycles. The Kier molecular flexibility index (Phi) is 5.77. The van der Waals surface area contributed by atoms with Gasteiger partial charge in [0.05, 0.1) is 0 Å². The van der Waals surface area contributed by atoms with Crippen molar-refractivity contribution in [2.45, 2.75) is 18.9 Å². The summed E-state index contributed by atoms with van der Waals surface area (Å²) in [7, 11) is 1.85. The maximum absolute atomic E-state index is 13.4. The SMILES string of the molecule is CNC(CCSC)Cc1cc(F)ccc1F. The molecular formula is C12H17F2NS. The van der Waals surface area contributed by atoms with Crippen molar-refractivity contribution in [3.8, 4) is 0 Å². The normalized spacial score (nSPS) is 12.8. The molecule has 0 aromatic heterocycles. The number of hydrogen-bond acceptors (Lipinski definition) is 2. The first-order chi connectivity index (χ1) is 7.67. The monoisotopic (exact) mass is 245 g/mol. The van der Waals surface area contributed by atoms with Crippen molar-refractivity contribution < 1.29 is 8.78 Å². The zero-order valence-corrected chi connectivity index (χ0v) is 10.4. The van der Waals surface area contributed by atoms with Gasteiger partial charge in [-0.15, -0.1) is 0 Å². The summed E-state index contributed by atoms with van der Waals surface area (Å²) >= 11 is 1.76. The van der Waals surface area contributed by atoms with Gasteiger partial charge in [0, 0.05) is 6.04 Å². The number of rotatable bonds is 6. The predicted molar refractivity (Wildman–Crippen MR) is 65.9 cm³/mol. The molecule has 0 aliphatic heterocycles. The molecule has 1 rings (SSSR count). The number of hydrogen-bond donors (Lipinski definition) is 1. The minimum Gasteiger partial charge on any atom is -0.317 e. The topological polar surface area (TPSA) is 12.0 Å². The van der Waals surface area contributed by atoms with Gasteiger partial charge in [0.25, 0.3) is 0 Å². The van der Waals surface area contributed by atoms with Crippen molar-refractivity contribution in [1.82, 2.24) is 5.32 Å². The smallest absolute Gasteiger partial charge is 0.126 e. The van der Waals surface area contributed by atoms with E-state index in [1.54, 1.807) is 11.8 Å². The van der Waals surface area contributed by atoms with Crippen molar-refractivity contribution in [2.24, 2.45) is 0 Å². The third-order valence-electron chi connectivity index (χ3n) is 2.55. The standard InChI is InChI=1S/C12H17F2NS/c1-15-11(5-6-16-2)8-9-7-10(13)3-4-12(9)14/h3-4,7,11,15H,5-6,8H2,1-2H3. The fourth-order valence-electron chi connectivity index (χ4n) is 1.57. The second-order valence-electron chi connectivity index (χ2n) is 3.71. The molecule has 0 radical (unpaired) electrons. The van der Waals surface area contributed by atoms with Gasteiger partial charge in [-0.25, -0.2) is 8.78 Å². The fraction of sp³-hybridized carbons (Fsp3) is 0.500. The molecule has 0 spiro atoms. The second-order valence-corrected chi connectivity index (χ2v) is 4.69. The van der Waals surface area contributed by atoms with E-state index in [4.69, 9.17) is 0 Å². The Bertz CT molecular complexity index is 331. The number of halogens is 2. The van der Waals surface area contributed by atoms with E-state index < -0.39 is 0 Å². The Balaban J connectivity index is 2.65. The summed E-state index contributed by atoms with van der Waals surface area (Å²) < 4.78 is 26.4. The molecular weight excluding hydrogens is 228 g/mol. The molecule has 0 aliphatic carbocycles. The molecule has 1 N–H and O–H groups in total. The molecule has 16 heavy (non-hydrogen) atoms. The van der Waals surface area contributed by atoms with Gasteiger partial charge in [0.15, 0.2) is 0 Å². The van der Waals surface area contributed by atoms with Crippen LogP contribution in [0.3, 0.4) is 0 Å². The van der Waals surface area contributed by atoms with Crippen LogP contribution < -0.4 is 5.32 Å². The first kappa shape index (κ1) is 13.5. The number of thioether (sulfide) groups is 1. The summed E-state index contributed by atoms with van der Waals surface area (Å²) in [6.45, 7) is 0. The van der Waals surface area contributed by atoms with Crippen molar-refractivity contribution in [2.75, 3.05) is 19.1 Å². The predicted octanol–water partition coefficient (Wildman–Crippen LogP) is 2.85. The lowest BCUT2D eigenvalue weighted by Crippen LogP contribution is -2.28. The van der Waals surface area contributed by atoms with Crippen LogP contribution in [0.15, 0.2) is 18.2 Å². The number of nitrogens with one attached hydrogen (secondary N) is 1. The third-order valence-corrected chi connectivity index (χ3v) is 3.20. The van der Waals surface area contributed by atoms with Crippen LogP contribution in [0, 0.1) is 11.6 Å². The molecule has 0 heterocycles. The fourth-order valence-corrected chi connectivity index (χ4v) is 2.09. The maximum atomic E-state index is 13.4.